The van der Waals surface area contributed by atoms with Gasteiger partial charge in [0.25, 0.3) is 0 Å². The average molecular weight is 289 g/mol. The van der Waals surface area contributed by atoms with Crippen molar-refractivity contribution in [2.24, 2.45) is 0 Å². The molecule has 0 rings (SSSR count). The Morgan fingerprint density at radius 2 is 1.89 bits per heavy atom. The van der Waals surface area contributed by atoms with E-state index in [0.717, 1.165) is 12.8 Å². The number of carbonyl (C=O) groups excluding carboxylic acids is 2. The molecule has 0 aromatic heterocycles. The normalized spacial score (nSPS) is 12.2. The fourth-order valence-electron chi connectivity index (χ4n) is 1.73. The first-order valence-electron chi connectivity index (χ1n) is 7.14. The first kappa shape index (κ1) is 18.4. The molecule has 1 atom stereocenters. The molecule has 19 heavy (non-hydrogen) atoms. The molecule has 5 heteroatoms. The summed E-state index contributed by atoms with van der Waals surface area (Å²) in [5.41, 5.74) is 0. The van der Waals surface area contributed by atoms with Crippen molar-refractivity contribution in [3.8, 4) is 0 Å². The van der Waals surface area contributed by atoms with Crippen LogP contribution in [0.2, 0.25) is 0 Å². The molecule has 0 spiro atoms. The number of thioether (sulfide) groups is 1. The monoisotopic (exact) mass is 289 g/mol. The van der Waals surface area contributed by atoms with E-state index in [1.807, 2.05) is 0 Å². The number of unbranched alkanes of at least 4 members (excludes halogenated alkanes) is 4. The summed E-state index contributed by atoms with van der Waals surface area (Å²) in [7, 11) is 0. The second-order valence-electron chi connectivity index (χ2n) is 4.76. The van der Waals surface area contributed by atoms with Gasteiger partial charge in [0.2, 0.25) is 5.91 Å². The van der Waals surface area contributed by atoms with Crippen molar-refractivity contribution in [1.29, 1.82) is 0 Å². The van der Waals surface area contributed by atoms with Crippen LogP contribution in [0.5, 0.6) is 0 Å². The summed E-state index contributed by atoms with van der Waals surface area (Å²) >= 11 is 1.18. The quantitative estimate of drug-likeness (QED) is 0.574. The van der Waals surface area contributed by atoms with Crippen LogP contribution in [-0.2, 0) is 9.59 Å². The third-order valence-electron chi connectivity index (χ3n) is 2.78. The third kappa shape index (κ3) is 13.7. The van der Waals surface area contributed by atoms with Crippen LogP contribution in [0.3, 0.4) is 0 Å². The molecule has 0 fully saturated rings. The Morgan fingerprint density at radius 3 is 2.53 bits per heavy atom. The summed E-state index contributed by atoms with van der Waals surface area (Å²) in [5.74, 6) is 0.488. The van der Waals surface area contributed by atoms with E-state index in [2.05, 4.69) is 12.2 Å². The first-order valence-corrected chi connectivity index (χ1v) is 8.13. The van der Waals surface area contributed by atoms with E-state index in [1.54, 1.807) is 0 Å². The molecule has 4 nitrogen and oxygen atoms in total. The number of hydrogen-bond acceptors (Lipinski definition) is 4. The van der Waals surface area contributed by atoms with Crippen LogP contribution in [0.1, 0.15) is 58.8 Å². The molecule has 0 bridgehead atoms. The zero-order valence-electron chi connectivity index (χ0n) is 12.1. The van der Waals surface area contributed by atoms with Gasteiger partial charge in [-0.1, -0.05) is 50.8 Å². The molecular weight excluding hydrogens is 262 g/mol. The van der Waals surface area contributed by atoms with E-state index in [4.69, 9.17) is 0 Å². The van der Waals surface area contributed by atoms with Gasteiger partial charge in [-0.3, -0.25) is 9.59 Å². The average Bonchev–Trinajstić information content (AvgIpc) is 2.34. The van der Waals surface area contributed by atoms with Gasteiger partial charge in [-0.05, 0) is 6.42 Å². The summed E-state index contributed by atoms with van der Waals surface area (Å²) in [6.45, 7) is 4.12. The highest BCUT2D eigenvalue weighted by molar-refractivity contribution is 8.13. The number of aliphatic hydroxyl groups is 1. The molecule has 0 heterocycles. The minimum absolute atomic E-state index is 0.00594. The predicted molar refractivity (Wildman–Crippen MR) is 80.1 cm³/mol. The summed E-state index contributed by atoms with van der Waals surface area (Å²) in [6, 6.07) is 0. The van der Waals surface area contributed by atoms with Gasteiger partial charge in [-0.2, -0.15) is 0 Å². The zero-order valence-corrected chi connectivity index (χ0v) is 12.9. The molecule has 1 amide bonds. The molecule has 0 aromatic rings. The largest absolute Gasteiger partial charge is 0.393 e. The van der Waals surface area contributed by atoms with Gasteiger partial charge in [0.15, 0.2) is 5.12 Å². The van der Waals surface area contributed by atoms with E-state index in [9.17, 15) is 14.7 Å². The number of carbonyl (C=O) groups is 2. The zero-order chi connectivity index (χ0) is 14.5. The molecule has 2 N–H and O–H groups in total. The van der Waals surface area contributed by atoms with Crippen LogP contribution in [0.25, 0.3) is 0 Å². The number of nitrogens with one attached hydrogen (secondary N) is 1. The maximum absolute atomic E-state index is 11.5. The second kappa shape index (κ2) is 12.5. The highest BCUT2D eigenvalue weighted by Gasteiger charge is 2.10. The Labute approximate surface area is 120 Å². The van der Waals surface area contributed by atoms with Gasteiger partial charge >= 0.3 is 0 Å². The number of hydrogen-bond donors (Lipinski definition) is 2. The molecule has 0 aliphatic rings. The summed E-state index contributed by atoms with van der Waals surface area (Å²) in [6.07, 6.45) is 6.21. The fourth-order valence-corrected chi connectivity index (χ4v) is 2.47. The molecule has 0 radical (unpaired) electrons. The molecule has 0 aliphatic carbocycles. The maximum Gasteiger partial charge on any atom is 0.216 e. The van der Waals surface area contributed by atoms with Crippen molar-refractivity contribution in [2.75, 3.05) is 12.3 Å². The van der Waals surface area contributed by atoms with Gasteiger partial charge < -0.3 is 10.4 Å². The van der Waals surface area contributed by atoms with Crippen molar-refractivity contribution >= 4 is 22.8 Å². The molecule has 0 saturated carbocycles. The van der Waals surface area contributed by atoms with Gasteiger partial charge in [0.05, 0.1) is 6.10 Å². The van der Waals surface area contributed by atoms with E-state index >= 15 is 0 Å². The van der Waals surface area contributed by atoms with Crippen LogP contribution in [0.15, 0.2) is 0 Å². The Hall–Kier alpha value is -0.550. The van der Waals surface area contributed by atoms with Gasteiger partial charge in [-0.25, -0.2) is 0 Å². The van der Waals surface area contributed by atoms with Gasteiger partial charge in [0.1, 0.15) is 0 Å². The summed E-state index contributed by atoms with van der Waals surface area (Å²) < 4.78 is 0. The fraction of sp³-hybridized carbons (Fsp3) is 0.857. The highest BCUT2D eigenvalue weighted by atomic mass is 32.2. The summed E-state index contributed by atoms with van der Waals surface area (Å²) in [4.78, 5) is 22.1. The van der Waals surface area contributed by atoms with E-state index in [0.29, 0.717) is 18.7 Å². The lowest BCUT2D eigenvalue weighted by atomic mass is 10.1. The molecule has 0 aromatic carbocycles. The van der Waals surface area contributed by atoms with Crippen LogP contribution in [-0.4, -0.2) is 34.5 Å². The first-order chi connectivity index (χ1) is 9.06. The Kier molecular flexibility index (Phi) is 12.1. The highest BCUT2D eigenvalue weighted by Crippen LogP contribution is 2.13. The Balaban J connectivity index is 3.44. The van der Waals surface area contributed by atoms with Gasteiger partial charge in [-0.15, -0.1) is 0 Å². The molecular formula is C14H27NO3S. The summed E-state index contributed by atoms with van der Waals surface area (Å²) in [5, 5.41) is 12.4. The van der Waals surface area contributed by atoms with Crippen molar-refractivity contribution in [3.05, 3.63) is 0 Å². The van der Waals surface area contributed by atoms with Crippen LogP contribution >= 0.6 is 11.8 Å². The topological polar surface area (TPSA) is 66.4 Å². The minimum atomic E-state index is -0.512. The molecule has 0 saturated heterocycles. The predicted octanol–water partition coefficient (Wildman–Crippen LogP) is 2.49. The third-order valence-corrected chi connectivity index (χ3v) is 3.68. The van der Waals surface area contributed by atoms with Gasteiger partial charge in [0, 0.05) is 25.6 Å². The minimum Gasteiger partial charge on any atom is -0.393 e. The number of amides is 1. The smallest absolute Gasteiger partial charge is 0.216 e. The van der Waals surface area contributed by atoms with Crippen LogP contribution in [0, 0.1) is 0 Å². The van der Waals surface area contributed by atoms with E-state index < -0.39 is 6.10 Å². The van der Waals surface area contributed by atoms with E-state index in [-0.39, 0.29) is 17.4 Å². The van der Waals surface area contributed by atoms with Crippen LogP contribution in [0.4, 0.5) is 0 Å². The molecule has 0 aliphatic heterocycles. The Bertz CT molecular complexity index is 259. The second-order valence-corrected chi connectivity index (χ2v) is 5.92. The number of rotatable bonds is 11. The Morgan fingerprint density at radius 1 is 1.21 bits per heavy atom. The lowest BCUT2D eigenvalue weighted by Gasteiger charge is -2.09. The van der Waals surface area contributed by atoms with Crippen molar-refractivity contribution < 1.29 is 14.7 Å². The maximum atomic E-state index is 11.5. The van der Waals surface area contributed by atoms with Crippen LogP contribution < -0.4 is 5.32 Å². The lowest BCUT2D eigenvalue weighted by molar-refractivity contribution is -0.119. The van der Waals surface area contributed by atoms with Crippen molar-refractivity contribution in [3.63, 3.8) is 0 Å². The number of aliphatic hydroxyl groups excluding tert-OH is 1. The molecule has 0 unspecified atom stereocenters. The van der Waals surface area contributed by atoms with E-state index in [1.165, 1.54) is 37.9 Å². The molecule has 112 valence electrons. The standard InChI is InChI=1S/C14H27NO3S/c1-3-4-5-6-7-8-13(17)11-14(18)19-10-9-15-12(2)16/h13,17H,3-11H2,1-2H3,(H,15,16)/t13-/m0/s1. The van der Waals surface area contributed by atoms with Crippen molar-refractivity contribution in [1.82, 2.24) is 5.32 Å². The SMILES string of the molecule is CCCCCCC[C@H](O)CC(=O)SCCNC(C)=O. The lowest BCUT2D eigenvalue weighted by Crippen LogP contribution is -2.23. The van der Waals surface area contributed by atoms with Crippen molar-refractivity contribution in [2.45, 2.75) is 64.9 Å².